The molecule has 9 nitrogen and oxygen atoms in total. The molecular weight excluding hydrogens is 504 g/mol. The molecule has 40 heavy (non-hydrogen) atoms. The van der Waals surface area contributed by atoms with E-state index in [4.69, 9.17) is 9.52 Å². The number of aryl methyl sites for hydroxylation is 1. The largest absolute Gasteiger partial charge is 0.508 e. The van der Waals surface area contributed by atoms with Gasteiger partial charge in [-0.2, -0.15) is 0 Å². The number of amides is 1. The van der Waals surface area contributed by atoms with Gasteiger partial charge < -0.3 is 9.52 Å². The van der Waals surface area contributed by atoms with Crippen molar-refractivity contribution in [2.45, 2.75) is 32.4 Å². The van der Waals surface area contributed by atoms with Crippen molar-refractivity contribution in [3.8, 4) is 22.9 Å². The van der Waals surface area contributed by atoms with Gasteiger partial charge in [0.25, 0.3) is 5.91 Å². The van der Waals surface area contributed by atoms with Gasteiger partial charge in [-0.05, 0) is 54.8 Å². The monoisotopic (exact) mass is 534 g/mol. The fourth-order valence-corrected chi connectivity index (χ4v) is 5.19. The molecule has 1 aliphatic heterocycles. The Hall–Kier alpha value is -4.76. The van der Waals surface area contributed by atoms with E-state index in [0.717, 1.165) is 43.7 Å². The molecule has 0 unspecified atom stereocenters. The number of nitrogens with zero attached hydrogens (tertiary/aromatic N) is 6. The predicted molar refractivity (Wildman–Crippen MR) is 151 cm³/mol. The van der Waals surface area contributed by atoms with Crippen molar-refractivity contribution in [3.05, 3.63) is 108 Å². The first-order chi connectivity index (χ1) is 19.5. The van der Waals surface area contributed by atoms with Crippen LogP contribution in [0.5, 0.6) is 5.75 Å². The summed E-state index contributed by atoms with van der Waals surface area (Å²) in [6.45, 7) is 4.38. The molecule has 2 aromatic heterocycles. The molecule has 3 heterocycles. The number of benzene rings is 3. The van der Waals surface area contributed by atoms with E-state index in [-0.39, 0.29) is 17.7 Å². The topological polar surface area (TPSA) is 101 Å². The molecular formula is C31H30N6O3. The van der Waals surface area contributed by atoms with Gasteiger partial charge in [0.15, 0.2) is 5.82 Å². The number of carbonyl (C=O) groups excluding carboxylic acids is 1. The number of hydrogen-bond donors (Lipinski definition) is 1. The lowest BCUT2D eigenvalue weighted by molar-refractivity contribution is 0.0957. The van der Waals surface area contributed by atoms with Crippen molar-refractivity contribution in [1.82, 2.24) is 24.9 Å². The van der Waals surface area contributed by atoms with Gasteiger partial charge in [0.2, 0.25) is 11.8 Å². The highest BCUT2D eigenvalue weighted by Crippen LogP contribution is 2.28. The third-order valence-corrected chi connectivity index (χ3v) is 7.19. The van der Waals surface area contributed by atoms with E-state index in [2.05, 4.69) is 39.4 Å². The lowest BCUT2D eigenvalue weighted by atomic mass is 10.0. The quantitative estimate of drug-likeness (QED) is 0.304. The zero-order valence-corrected chi connectivity index (χ0v) is 22.2. The summed E-state index contributed by atoms with van der Waals surface area (Å²) in [5, 5.41) is 22.9. The van der Waals surface area contributed by atoms with E-state index in [9.17, 15) is 9.90 Å². The standard InChI is InChI=1S/C31H30N6O3/c1-22-32-33-30(40-22)24-9-5-11-27(19-24)36-18-15-29(34-36)37(31(39)25-10-6-12-28(38)20-25)26-13-16-35(17-14-26)21-23-7-3-2-4-8-23/h2-12,15,18-20,26,38H,13-14,16-17,21H2,1H3. The number of rotatable bonds is 7. The van der Waals surface area contributed by atoms with Crippen LogP contribution in [0.1, 0.15) is 34.7 Å². The lowest BCUT2D eigenvalue weighted by Gasteiger charge is -2.37. The Morgan fingerprint density at radius 3 is 2.52 bits per heavy atom. The van der Waals surface area contributed by atoms with Gasteiger partial charge in [-0.3, -0.25) is 14.6 Å². The Bertz CT molecular complexity index is 1600. The predicted octanol–water partition coefficient (Wildman–Crippen LogP) is 5.25. The van der Waals surface area contributed by atoms with Crippen molar-refractivity contribution in [3.63, 3.8) is 0 Å². The van der Waals surface area contributed by atoms with Gasteiger partial charge in [0.1, 0.15) is 5.75 Å². The van der Waals surface area contributed by atoms with Crippen molar-refractivity contribution < 1.29 is 14.3 Å². The number of piperidine rings is 1. The highest BCUT2D eigenvalue weighted by Gasteiger charge is 2.31. The van der Waals surface area contributed by atoms with E-state index < -0.39 is 0 Å². The van der Waals surface area contributed by atoms with Crippen LogP contribution in [0.15, 0.2) is 95.5 Å². The molecule has 0 saturated carbocycles. The van der Waals surface area contributed by atoms with Crippen molar-refractivity contribution in [2.75, 3.05) is 18.0 Å². The summed E-state index contributed by atoms with van der Waals surface area (Å²) in [6.07, 6.45) is 3.48. The smallest absolute Gasteiger partial charge is 0.259 e. The SMILES string of the molecule is Cc1nnc(-c2cccc(-n3ccc(N(C(=O)c4cccc(O)c4)C4CCN(Cc5ccccc5)CC4)n3)c2)o1. The summed E-state index contributed by atoms with van der Waals surface area (Å²) in [6, 6.07) is 26.4. The maximum absolute atomic E-state index is 13.9. The Labute approximate surface area is 232 Å². The van der Waals surface area contributed by atoms with E-state index in [0.29, 0.717) is 23.2 Å². The number of hydrogen-bond acceptors (Lipinski definition) is 7. The van der Waals surface area contributed by atoms with Crippen LogP contribution in [0, 0.1) is 6.92 Å². The Kier molecular flexibility index (Phi) is 7.11. The first-order valence-electron chi connectivity index (χ1n) is 13.4. The number of phenolic OH excluding ortho intramolecular Hbond substituents is 1. The highest BCUT2D eigenvalue weighted by molar-refractivity contribution is 6.06. The van der Waals surface area contributed by atoms with Gasteiger partial charge in [0, 0.05) is 56.0 Å². The minimum atomic E-state index is -0.183. The second-order valence-electron chi connectivity index (χ2n) is 10.0. The average molecular weight is 535 g/mol. The molecule has 1 saturated heterocycles. The second kappa shape index (κ2) is 11.2. The molecule has 0 aliphatic carbocycles. The second-order valence-corrected chi connectivity index (χ2v) is 10.0. The van der Waals surface area contributed by atoms with Crippen LogP contribution < -0.4 is 4.90 Å². The first-order valence-corrected chi connectivity index (χ1v) is 13.4. The van der Waals surface area contributed by atoms with Gasteiger partial charge in [0.05, 0.1) is 5.69 Å². The number of phenols is 1. The minimum Gasteiger partial charge on any atom is -0.508 e. The van der Waals surface area contributed by atoms with Crippen LogP contribution in [-0.2, 0) is 6.54 Å². The Morgan fingerprint density at radius 2 is 1.77 bits per heavy atom. The van der Waals surface area contributed by atoms with Crippen molar-refractivity contribution in [2.24, 2.45) is 0 Å². The molecule has 1 aliphatic rings. The molecule has 0 spiro atoms. The van der Waals surface area contributed by atoms with E-state index >= 15 is 0 Å². The fraction of sp³-hybridized carbons (Fsp3) is 0.226. The van der Waals surface area contributed by atoms with Crippen LogP contribution in [0.25, 0.3) is 17.1 Å². The normalized spacial score (nSPS) is 14.3. The third kappa shape index (κ3) is 5.50. The van der Waals surface area contributed by atoms with Crippen LogP contribution in [0.4, 0.5) is 5.82 Å². The number of aromatic nitrogens is 4. The zero-order chi connectivity index (χ0) is 27.5. The average Bonchev–Trinajstić information content (AvgIpc) is 3.64. The first kappa shape index (κ1) is 25.5. The van der Waals surface area contributed by atoms with Crippen LogP contribution in [0.3, 0.4) is 0 Å². The fourth-order valence-electron chi connectivity index (χ4n) is 5.19. The van der Waals surface area contributed by atoms with E-state index in [1.165, 1.54) is 11.6 Å². The van der Waals surface area contributed by atoms with Crippen molar-refractivity contribution >= 4 is 11.7 Å². The molecule has 3 aromatic carbocycles. The van der Waals surface area contributed by atoms with Gasteiger partial charge in [-0.15, -0.1) is 15.3 Å². The molecule has 6 rings (SSSR count). The maximum atomic E-state index is 13.9. The molecule has 5 aromatic rings. The van der Waals surface area contributed by atoms with Crippen LogP contribution in [-0.4, -0.2) is 55.0 Å². The van der Waals surface area contributed by atoms with Gasteiger partial charge in [-0.1, -0.05) is 42.5 Å². The van der Waals surface area contributed by atoms with Gasteiger partial charge in [-0.25, -0.2) is 4.68 Å². The van der Waals surface area contributed by atoms with E-state index in [1.807, 2.05) is 42.6 Å². The Morgan fingerprint density at radius 1 is 0.975 bits per heavy atom. The molecule has 1 amide bonds. The molecule has 1 fully saturated rings. The molecule has 9 heteroatoms. The lowest BCUT2D eigenvalue weighted by Crippen LogP contribution is -2.47. The number of aromatic hydroxyl groups is 1. The highest BCUT2D eigenvalue weighted by atomic mass is 16.4. The Balaban J connectivity index is 1.27. The number of carbonyl (C=O) groups is 1. The van der Waals surface area contributed by atoms with Crippen molar-refractivity contribution in [1.29, 1.82) is 0 Å². The zero-order valence-electron chi connectivity index (χ0n) is 22.2. The molecule has 1 N–H and O–H groups in total. The van der Waals surface area contributed by atoms with E-state index in [1.54, 1.807) is 34.7 Å². The summed E-state index contributed by atoms with van der Waals surface area (Å²) in [7, 11) is 0. The van der Waals surface area contributed by atoms with Gasteiger partial charge >= 0.3 is 0 Å². The summed E-state index contributed by atoms with van der Waals surface area (Å²) < 4.78 is 7.34. The summed E-state index contributed by atoms with van der Waals surface area (Å²) in [5.41, 5.74) is 3.30. The number of anilines is 1. The van der Waals surface area contributed by atoms with Crippen LogP contribution in [0.2, 0.25) is 0 Å². The summed E-state index contributed by atoms with van der Waals surface area (Å²) in [5.74, 6) is 1.38. The summed E-state index contributed by atoms with van der Waals surface area (Å²) >= 11 is 0. The minimum absolute atomic E-state index is 0.0297. The molecule has 0 radical (unpaired) electrons. The molecule has 202 valence electrons. The molecule has 0 atom stereocenters. The summed E-state index contributed by atoms with van der Waals surface area (Å²) in [4.78, 5) is 18.1. The molecule has 0 bridgehead atoms. The number of likely N-dealkylation sites (tertiary alicyclic amines) is 1. The third-order valence-electron chi connectivity index (χ3n) is 7.19. The maximum Gasteiger partial charge on any atom is 0.259 e. The van der Waals surface area contributed by atoms with Crippen LogP contribution >= 0.6 is 0 Å².